The molecule has 3 rings (SSSR count). The van der Waals surface area contributed by atoms with Crippen LogP contribution in [0.4, 0.5) is 0 Å². The van der Waals surface area contributed by atoms with E-state index in [2.05, 4.69) is 66.6 Å². The molecular weight excluding hydrogens is 330 g/mol. The number of benzene rings is 1. The largest absolute Gasteiger partial charge is 0.497 e. The van der Waals surface area contributed by atoms with Gasteiger partial charge in [0.25, 0.3) is 0 Å². The third-order valence-electron chi connectivity index (χ3n) is 5.71. The molecule has 0 spiro atoms. The molecule has 1 fully saturated rings. The molecule has 142 valence electrons. The number of likely N-dealkylation sites (tertiary alicyclic amines) is 1. The number of ether oxygens (including phenoxy) is 1. The summed E-state index contributed by atoms with van der Waals surface area (Å²) in [6.45, 7) is 10.6. The van der Waals surface area contributed by atoms with Crippen LogP contribution in [0.1, 0.15) is 37.7 Å². The van der Waals surface area contributed by atoms with Gasteiger partial charge in [-0.25, -0.2) is 0 Å². The second-order valence-corrected chi connectivity index (χ2v) is 7.27. The van der Waals surface area contributed by atoms with Gasteiger partial charge in [-0.1, -0.05) is 68.2 Å². The van der Waals surface area contributed by atoms with Gasteiger partial charge in [-0.3, -0.25) is 4.90 Å². The topological polar surface area (TPSA) is 12.5 Å². The van der Waals surface area contributed by atoms with Gasteiger partial charge in [0.2, 0.25) is 0 Å². The third kappa shape index (κ3) is 3.86. The van der Waals surface area contributed by atoms with E-state index in [0.717, 1.165) is 37.3 Å². The van der Waals surface area contributed by atoms with Crippen LogP contribution in [-0.2, 0) is 5.54 Å². The lowest BCUT2D eigenvalue weighted by Gasteiger charge is -2.49. The molecule has 0 radical (unpaired) electrons. The molecule has 0 amide bonds. The Morgan fingerprint density at radius 3 is 2.48 bits per heavy atom. The Morgan fingerprint density at radius 1 is 1.15 bits per heavy atom. The van der Waals surface area contributed by atoms with Crippen LogP contribution in [0.5, 0.6) is 5.75 Å². The quantitative estimate of drug-likeness (QED) is 0.556. The highest BCUT2D eigenvalue weighted by atomic mass is 16.5. The van der Waals surface area contributed by atoms with Crippen molar-refractivity contribution in [1.82, 2.24) is 4.90 Å². The number of hydrogen-bond acceptors (Lipinski definition) is 2. The van der Waals surface area contributed by atoms with Gasteiger partial charge in [-0.05, 0) is 67.6 Å². The van der Waals surface area contributed by atoms with E-state index >= 15 is 0 Å². The molecule has 0 saturated carbocycles. The molecule has 2 aliphatic rings. The van der Waals surface area contributed by atoms with Crippen molar-refractivity contribution in [2.75, 3.05) is 20.2 Å². The third-order valence-corrected chi connectivity index (χ3v) is 5.71. The monoisotopic (exact) mass is 361 g/mol. The van der Waals surface area contributed by atoms with Crippen molar-refractivity contribution in [3.63, 3.8) is 0 Å². The highest BCUT2D eigenvalue weighted by molar-refractivity contribution is 5.52. The van der Waals surface area contributed by atoms with E-state index in [1.165, 1.54) is 30.4 Å². The minimum atomic E-state index is -0.309. The first-order valence-electron chi connectivity index (χ1n) is 9.97. The molecule has 1 heterocycles. The summed E-state index contributed by atoms with van der Waals surface area (Å²) in [6, 6.07) is 8.55. The molecule has 27 heavy (non-hydrogen) atoms. The van der Waals surface area contributed by atoms with Crippen LogP contribution in [0, 0.1) is 0 Å². The van der Waals surface area contributed by atoms with Crippen LogP contribution in [-0.4, -0.2) is 25.1 Å². The minimum absolute atomic E-state index is 0.309. The van der Waals surface area contributed by atoms with Gasteiger partial charge in [-0.2, -0.15) is 0 Å². The normalized spacial score (nSPS) is 20.1. The van der Waals surface area contributed by atoms with E-state index in [9.17, 15) is 0 Å². The van der Waals surface area contributed by atoms with Gasteiger partial charge < -0.3 is 4.74 Å². The predicted octanol–water partition coefficient (Wildman–Crippen LogP) is 5.95. The summed E-state index contributed by atoms with van der Waals surface area (Å²) in [5.74, 6) is 0.885. The molecule has 1 unspecified atom stereocenters. The van der Waals surface area contributed by atoms with Crippen molar-refractivity contribution < 1.29 is 4.74 Å². The summed E-state index contributed by atoms with van der Waals surface area (Å²) < 4.78 is 5.41. The summed E-state index contributed by atoms with van der Waals surface area (Å²) in [5, 5.41) is 0. The van der Waals surface area contributed by atoms with Crippen molar-refractivity contribution in [3.8, 4) is 5.75 Å². The molecule has 0 bridgehead atoms. The van der Waals surface area contributed by atoms with Crippen LogP contribution in [0.15, 0.2) is 85.0 Å². The van der Waals surface area contributed by atoms with Gasteiger partial charge in [0, 0.05) is 0 Å². The van der Waals surface area contributed by atoms with Gasteiger partial charge in [0.05, 0.1) is 12.6 Å². The van der Waals surface area contributed by atoms with Crippen LogP contribution in [0.25, 0.3) is 0 Å². The Morgan fingerprint density at radius 2 is 1.89 bits per heavy atom. The number of nitrogens with zero attached hydrogens (tertiary/aromatic N) is 1. The zero-order valence-corrected chi connectivity index (χ0v) is 16.5. The lowest BCUT2D eigenvalue weighted by molar-refractivity contribution is 0.121. The van der Waals surface area contributed by atoms with Gasteiger partial charge in [0.1, 0.15) is 5.75 Å². The molecule has 1 saturated heterocycles. The summed E-state index contributed by atoms with van der Waals surface area (Å²) >= 11 is 0. The summed E-state index contributed by atoms with van der Waals surface area (Å²) in [4.78, 5) is 2.64. The Labute approximate surface area is 164 Å². The fraction of sp³-hybridized carbons (Fsp3) is 0.360. The van der Waals surface area contributed by atoms with Crippen molar-refractivity contribution >= 4 is 0 Å². The number of rotatable bonds is 7. The van der Waals surface area contributed by atoms with E-state index in [0.29, 0.717) is 0 Å². The number of hydrogen-bond donors (Lipinski definition) is 0. The molecule has 1 aliphatic carbocycles. The van der Waals surface area contributed by atoms with E-state index in [4.69, 9.17) is 4.74 Å². The maximum absolute atomic E-state index is 5.41. The Balaban J connectivity index is 2.20. The zero-order valence-electron chi connectivity index (χ0n) is 16.5. The van der Waals surface area contributed by atoms with Crippen molar-refractivity contribution in [2.24, 2.45) is 0 Å². The fourth-order valence-electron chi connectivity index (χ4n) is 4.44. The Kier molecular flexibility index (Phi) is 6.52. The molecule has 1 atom stereocenters. The van der Waals surface area contributed by atoms with Crippen LogP contribution < -0.4 is 4.74 Å². The number of methoxy groups -OCH3 is 1. The van der Waals surface area contributed by atoms with E-state index in [1.54, 1.807) is 7.11 Å². The number of allylic oxidation sites excluding steroid dienone is 5. The maximum Gasteiger partial charge on any atom is 0.118 e. The summed E-state index contributed by atoms with van der Waals surface area (Å²) in [5.41, 5.74) is 3.49. The smallest absolute Gasteiger partial charge is 0.118 e. The first kappa shape index (κ1) is 19.4. The highest BCUT2D eigenvalue weighted by Gasteiger charge is 2.43. The van der Waals surface area contributed by atoms with Crippen LogP contribution in [0.2, 0.25) is 0 Å². The van der Waals surface area contributed by atoms with Crippen molar-refractivity contribution in [2.45, 2.75) is 37.6 Å². The molecule has 1 aromatic rings. The molecular formula is C25H31NO. The predicted molar refractivity (Wildman–Crippen MR) is 115 cm³/mol. The summed E-state index contributed by atoms with van der Waals surface area (Å²) in [7, 11) is 1.72. The lowest BCUT2D eigenvalue weighted by atomic mass is 9.72. The lowest BCUT2D eigenvalue weighted by Crippen LogP contribution is -2.51. The first-order chi connectivity index (χ1) is 13.2. The fourth-order valence-corrected chi connectivity index (χ4v) is 4.44. The molecule has 1 aromatic carbocycles. The standard InChI is InChI=1S/C25H31NO/c1-4-5-12-21(2)25(22-13-8-6-9-14-22,26-19-10-7-11-20-26)23-15-17-24(27-3)18-16-23/h4-6,8,12-13,15-18H,1-2,7,9-11,14,19-20H2,3H3/b12-5-. The van der Waals surface area contributed by atoms with E-state index in [-0.39, 0.29) is 5.54 Å². The second kappa shape index (κ2) is 9.05. The van der Waals surface area contributed by atoms with Gasteiger partial charge in [-0.15, -0.1) is 0 Å². The van der Waals surface area contributed by atoms with Crippen molar-refractivity contribution in [3.05, 3.63) is 90.6 Å². The van der Waals surface area contributed by atoms with E-state index in [1.807, 2.05) is 12.2 Å². The number of piperidine rings is 1. The molecule has 0 N–H and O–H groups in total. The molecule has 0 aromatic heterocycles. The van der Waals surface area contributed by atoms with Crippen LogP contribution >= 0.6 is 0 Å². The Hall–Kier alpha value is -2.32. The molecule has 1 aliphatic heterocycles. The Bertz CT molecular complexity index is 747. The van der Waals surface area contributed by atoms with Crippen molar-refractivity contribution in [1.29, 1.82) is 0 Å². The minimum Gasteiger partial charge on any atom is -0.497 e. The van der Waals surface area contributed by atoms with Gasteiger partial charge in [0.15, 0.2) is 0 Å². The average Bonchev–Trinajstić information content (AvgIpc) is 2.75. The summed E-state index contributed by atoms with van der Waals surface area (Å²) in [6.07, 6.45) is 18.6. The average molecular weight is 362 g/mol. The van der Waals surface area contributed by atoms with Gasteiger partial charge >= 0.3 is 0 Å². The highest BCUT2D eigenvalue weighted by Crippen LogP contribution is 2.46. The zero-order chi connectivity index (χ0) is 19.1. The van der Waals surface area contributed by atoms with Crippen LogP contribution in [0.3, 0.4) is 0 Å². The molecule has 2 heteroatoms. The van der Waals surface area contributed by atoms with E-state index < -0.39 is 0 Å². The SMILES string of the molecule is C=C/C=C\C(=C)C(C1=CC=CCC1)(c1ccc(OC)cc1)N1CCCCC1. The molecule has 2 nitrogen and oxygen atoms in total. The maximum atomic E-state index is 5.41. The second-order valence-electron chi connectivity index (χ2n) is 7.27. The first-order valence-corrected chi connectivity index (χ1v) is 9.97.